The van der Waals surface area contributed by atoms with E-state index in [1.54, 1.807) is 24.3 Å². The number of rotatable bonds is 8. The minimum Gasteiger partial charge on any atom is -0.508 e. The number of benzene rings is 6. The first-order valence-corrected chi connectivity index (χ1v) is 20.4. The molecule has 288 valence electrons. The number of allylic oxidation sites excluding steroid dienone is 2. The molecule has 0 heterocycles. The molecule has 1 atom stereocenters. The van der Waals surface area contributed by atoms with E-state index in [4.69, 9.17) is 4.74 Å². The lowest BCUT2D eigenvalue weighted by Gasteiger charge is -2.34. The van der Waals surface area contributed by atoms with Crippen molar-refractivity contribution in [3.63, 3.8) is 0 Å². The van der Waals surface area contributed by atoms with Crippen molar-refractivity contribution in [1.82, 2.24) is 0 Å². The summed E-state index contributed by atoms with van der Waals surface area (Å²) in [7, 11) is -3.69. The Morgan fingerprint density at radius 1 is 0.607 bits per heavy atom. The zero-order valence-corrected chi connectivity index (χ0v) is 33.5. The zero-order valence-electron chi connectivity index (χ0n) is 32.6. The van der Waals surface area contributed by atoms with E-state index < -0.39 is 9.84 Å². The summed E-state index contributed by atoms with van der Waals surface area (Å²) >= 11 is 0. The van der Waals surface area contributed by atoms with Crippen molar-refractivity contribution in [2.75, 3.05) is 0 Å². The quantitative estimate of drug-likeness (QED) is 0.118. The van der Waals surface area contributed by atoms with Crippen molar-refractivity contribution in [3.05, 3.63) is 192 Å². The molecule has 1 aliphatic carbocycles. The number of carbonyl (C=O) groups is 1. The fraction of sp³-hybridized carbons (Fsp3) is 0.204. The number of ketones is 1. The second kappa shape index (κ2) is 18.1. The average Bonchev–Trinajstić information content (AvgIpc) is 3.23. The standard InChI is InChI=1S/C30H26O5S.C17H18O.C2H6/c31-24-8-4-22(5-9-24)30(20-2-1-3-21-30)23-6-12-26(13-7-23)35-27-14-18-29(19-15-27)36(33,34)28-16-10-25(32)11-17-28;1-17(2,3)15-11-9-14(10-12-15)16(18)13-7-5-4-6-8-13;1-2/h2,4-20,31-32H,1,3,21H2;4-12H,1-3H3;1-2H3. The van der Waals surface area contributed by atoms with Gasteiger partial charge in [-0.15, -0.1) is 0 Å². The maximum atomic E-state index is 12.8. The van der Waals surface area contributed by atoms with Crippen molar-refractivity contribution in [3.8, 4) is 23.0 Å². The number of phenols is 2. The van der Waals surface area contributed by atoms with Crippen LogP contribution in [0.15, 0.2) is 174 Å². The summed E-state index contributed by atoms with van der Waals surface area (Å²) in [6.07, 6.45) is 7.58. The molecule has 2 N–H and O–H groups in total. The Balaban J connectivity index is 0.000000252. The summed E-state index contributed by atoms with van der Waals surface area (Å²) in [5.41, 5.74) is 4.87. The Morgan fingerprint density at radius 2 is 1.05 bits per heavy atom. The van der Waals surface area contributed by atoms with Crippen LogP contribution in [0.1, 0.15) is 86.5 Å². The van der Waals surface area contributed by atoms with Crippen LogP contribution in [0.25, 0.3) is 0 Å². The second-order valence-corrected chi connectivity index (χ2v) is 16.4. The van der Waals surface area contributed by atoms with E-state index in [2.05, 4.69) is 45.1 Å². The number of aromatic hydroxyl groups is 2. The Labute approximate surface area is 331 Å². The summed E-state index contributed by atoms with van der Waals surface area (Å²) in [6, 6.07) is 44.4. The molecule has 0 fully saturated rings. The van der Waals surface area contributed by atoms with Gasteiger partial charge in [0.1, 0.15) is 23.0 Å². The smallest absolute Gasteiger partial charge is 0.206 e. The molecule has 0 saturated carbocycles. The van der Waals surface area contributed by atoms with Gasteiger partial charge < -0.3 is 14.9 Å². The molecular formula is C49H50O6S. The molecule has 1 unspecified atom stereocenters. The molecule has 6 aromatic carbocycles. The summed E-state index contributed by atoms with van der Waals surface area (Å²) in [6.45, 7) is 10.5. The number of carbonyl (C=O) groups excluding carboxylic acids is 1. The van der Waals surface area contributed by atoms with Crippen LogP contribution in [0.3, 0.4) is 0 Å². The molecule has 0 saturated heterocycles. The zero-order chi connectivity index (χ0) is 40.3. The van der Waals surface area contributed by atoms with Crippen LogP contribution in [-0.2, 0) is 20.7 Å². The van der Waals surface area contributed by atoms with Gasteiger partial charge >= 0.3 is 0 Å². The lowest BCUT2D eigenvalue weighted by molar-refractivity contribution is 0.103. The first-order valence-electron chi connectivity index (χ1n) is 19.0. The highest BCUT2D eigenvalue weighted by Gasteiger charge is 2.32. The first kappa shape index (κ1) is 41.2. The monoisotopic (exact) mass is 766 g/mol. The third-order valence-electron chi connectivity index (χ3n) is 9.66. The molecule has 6 aromatic rings. The van der Waals surface area contributed by atoms with Gasteiger partial charge in [-0.2, -0.15) is 0 Å². The Kier molecular flexibility index (Phi) is 13.4. The molecule has 56 heavy (non-hydrogen) atoms. The normalized spacial score (nSPS) is 15.0. The third-order valence-corrected chi connectivity index (χ3v) is 11.4. The van der Waals surface area contributed by atoms with Crippen LogP contribution in [0.4, 0.5) is 0 Å². The van der Waals surface area contributed by atoms with E-state index in [1.807, 2.05) is 92.7 Å². The summed E-state index contributed by atoms with van der Waals surface area (Å²) < 4.78 is 31.6. The third kappa shape index (κ3) is 9.84. The number of sulfone groups is 1. The van der Waals surface area contributed by atoms with E-state index in [-0.39, 0.29) is 37.9 Å². The van der Waals surface area contributed by atoms with Gasteiger partial charge in [0.05, 0.1) is 9.79 Å². The number of hydrogen-bond donors (Lipinski definition) is 2. The molecule has 0 amide bonds. The molecule has 0 aromatic heterocycles. The first-order chi connectivity index (χ1) is 26.8. The lowest BCUT2D eigenvalue weighted by atomic mass is 9.69. The topological polar surface area (TPSA) is 101 Å². The predicted molar refractivity (Wildman–Crippen MR) is 225 cm³/mol. The maximum absolute atomic E-state index is 12.8. The number of hydrogen-bond acceptors (Lipinski definition) is 6. The van der Waals surface area contributed by atoms with Gasteiger partial charge in [-0.3, -0.25) is 4.79 Å². The van der Waals surface area contributed by atoms with Crippen molar-refractivity contribution in [2.45, 2.75) is 74.5 Å². The summed E-state index contributed by atoms with van der Waals surface area (Å²) in [4.78, 5) is 12.5. The van der Waals surface area contributed by atoms with E-state index in [0.29, 0.717) is 11.5 Å². The minimum atomic E-state index is -3.69. The molecule has 0 spiro atoms. The highest BCUT2D eigenvalue weighted by atomic mass is 32.2. The van der Waals surface area contributed by atoms with E-state index in [0.717, 1.165) is 41.5 Å². The summed E-state index contributed by atoms with van der Waals surface area (Å²) in [5.74, 6) is 1.51. The van der Waals surface area contributed by atoms with Crippen molar-refractivity contribution in [1.29, 1.82) is 0 Å². The van der Waals surface area contributed by atoms with Crippen LogP contribution in [-0.4, -0.2) is 24.4 Å². The van der Waals surface area contributed by atoms with Gasteiger partial charge in [-0.05, 0) is 114 Å². The number of ether oxygens (including phenoxy) is 1. The molecule has 6 nitrogen and oxygen atoms in total. The van der Waals surface area contributed by atoms with Gasteiger partial charge in [-0.25, -0.2) is 8.42 Å². The molecule has 0 radical (unpaired) electrons. The predicted octanol–water partition coefficient (Wildman–Crippen LogP) is 12.0. The van der Waals surface area contributed by atoms with Crippen molar-refractivity contribution >= 4 is 15.6 Å². The highest BCUT2D eigenvalue weighted by Crippen LogP contribution is 2.42. The molecule has 0 aliphatic heterocycles. The largest absolute Gasteiger partial charge is 0.508 e. The Morgan fingerprint density at radius 3 is 1.54 bits per heavy atom. The second-order valence-electron chi connectivity index (χ2n) is 14.4. The van der Waals surface area contributed by atoms with Crippen molar-refractivity contribution < 1.29 is 28.2 Å². The minimum absolute atomic E-state index is 0.0113. The molecule has 0 bridgehead atoms. The van der Waals surface area contributed by atoms with Gasteiger partial charge in [0.2, 0.25) is 9.84 Å². The van der Waals surface area contributed by atoms with Crippen LogP contribution >= 0.6 is 0 Å². The lowest BCUT2D eigenvalue weighted by Crippen LogP contribution is -2.27. The fourth-order valence-corrected chi connectivity index (χ4v) is 7.82. The Bertz CT molecular complexity index is 2310. The molecule has 1 aliphatic rings. The van der Waals surface area contributed by atoms with Crippen LogP contribution in [0.2, 0.25) is 0 Å². The van der Waals surface area contributed by atoms with E-state index in [1.165, 1.54) is 42.0 Å². The van der Waals surface area contributed by atoms with Crippen molar-refractivity contribution in [2.24, 2.45) is 0 Å². The molecular weight excluding hydrogens is 717 g/mol. The summed E-state index contributed by atoms with van der Waals surface area (Å²) in [5, 5.41) is 19.2. The van der Waals surface area contributed by atoms with Gasteiger partial charge in [-0.1, -0.05) is 126 Å². The van der Waals surface area contributed by atoms with E-state index >= 15 is 0 Å². The maximum Gasteiger partial charge on any atom is 0.206 e. The highest BCUT2D eigenvalue weighted by molar-refractivity contribution is 7.91. The SMILES string of the molecule is CC.CC(C)(C)c1ccc(C(=O)c2ccccc2)cc1.O=S(=O)(c1ccc(O)cc1)c1ccc(Oc2ccc(C3(c4ccc(O)cc4)C=CCCC3)cc2)cc1. The molecule has 7 rings (SSSR count). The van der Waals surface area contributed by atoms with Gasteiger partial charge in [0, 0.05) is 16.5 Å². The van der Waals surface area contributed by atoms with Gasteiger partial charge in [0.15, 0.2) is 5.78 Å². The van der Waals surface area contributed by atoms with E-state index in [9.17, 15) is 23.4 Å². The van der Waals surface area contributed by atoms with Crippen LogP contribution in [0, 0.1) is 0 Å². The van der Waals surface area contributed by atoms with Gasteiger partial charge in [0.25, 0.3) is 0 Å². The average molecular weight is 767 g/mol. The number of phenolic OH excluding ortho intramolecular Hbond substituents is 2. The fourth-order valence-electron chi connectivity index (χ4n) is 6.56. The Hall–Kier alpha value is -5.92. The molecule has 7 heteroatoms. The van der Waals surface area contributed by atoms with Crippen LogP contribution < -0.4 is 4.74 Å². The van der Waals surface area contributed by atoms with Crippen LogP contribution in [0.5, 0.6) is 23.0 Å².